The second-order valence-corrected chi connectivity index (χ2v) is 8.24. The van der Waals surface area contributed by atoms with Crippen molar-refractivity contribution in [3.63, 3.8) is 0 Å². The number of hydrogen-bond donors (Lipinski definition) is 1. The Hall–Kier alpha value is -4.98. The summed E-state index contributed by atoms with van der Waals surface area (Å²) in [7, 11) is 0. The Morgan fingerprint density at radius 3 is 2.17 bits per heavy atom. The number of nitro benzene ring substituents is 1. The summed E-state index contributed by atoms with van der Waals surface area (Å²) in [6, 6.07) is 30.1. The Kier molecular flexibility index (Phi) is 6.15. The van der Waals surface area contributed by atoms with Crippen molar-refractivity contribution in [2.24, 2.45) is 0 Å². The van der Waals surface area contributed by atoms with Crippen molar-refractivity contribution >= 4 is 11.6 Å². The highest BCUT2D eigenvalue weighted by atomic mass is 16.6. The SMILES string of the molecule is Cc1ccc(-c2cc(C(=O)NC(c3ccccc3)c3ccccc3)n(-c3cccc([N+](=O)[O-])c3)n2)o1. The molecule has 8 heteroatoms. The quantitative estimate of drug-likeness (QED) is 0.233. The van der Waals surface area contributed by atoms with Crippen molar-refractivity contribution in [1.29, 1.82) is 0 Å². The highest BCUT2D eigenvalue weighted by molar-refractivity contribution is 5.94. The van der Waals surface area contributed by atoms with Gasteiger partial charge in [0.05, 0.1) is 16.7 Å². The predicted molar refractivity (Wildman–Crippen MR) is 135 cm³/mol. The van der Waals surface area contributed by atoms with Gasteiger partial charge in [0.1, 0.15) is 17.1 Å². The minimum Gasteiger partial charge on any atom is -0.460 e. The Bertz CT molecular complexity index is 1480. The number of nitrogens with zero attached hydrogens (tertiary/aromatic N) is 3. The van der Waals surface area contributed by atoms with Crippen LogP contribution in [0.2, 0.25) is 0 Å². The summed E-state index contributed by atoms with van der Waals surface area (Å²) in [5.74, 6) is 0.809. The average Bonchev–Trinajstić information content (AvgIpc) is 3.55. The number of aryl methyl sites for hydroxylation is 1. The van der Waals surface area contributed by atoms with Gasteiger partial charge in [0.2, 0.25) is 0 Å². The van der Waals surface area contributed by atoms with E-state index >= 15 is 0 Å². The molecule has 1 amide bonds. The van der Waals surface area contributed by atoms with Crippen molar-refractivity contribution in [2.75, 3.05) is 0 Å². The molecule has 0 bridgehead atoms. The molecule has 0 unspecified atom stereocenters. The third kappa shape index (κ3) is 4.65. The van der Waals surface area contributed by atoms with E-state index in [2.05, 4.69) is 10.4 Å². The van der Waals surface area contributed by atoms with E-state index in [1.165, 1.54) is 16.8 Å². The first-order chi connectivity index (χ1) is 17.5. The molecule has 36 heavy (non-hydrogen) atoms. The number of amides is 1. The number of nitro groups is 1. The lowest BCUT2D eigenvalue weighted by Crippen LogP contribution is -2.31. The average molecular weight is 479 g/mol. The highest BCUT2D eigenvalue weighted by Crippen LogP contribution is 2.27. The summed E-state index contributed by atoms with van der Waals surface area (Å²) in [5.41, 5.74) is 2.78. The third-order valence-electron chi connectivity index (χ3n) is 5.76. The molecule has 0 fully saturated rings. The molecule has 0 radical (unpaired) electrons. The van der Waals surface area contributed by atoms with Crippen LogP contribution >= 0.6 is 0 Å². The Morgan fingerprint density at radius 2 is 1.58 bits per heavy atom. The van der Waals surface area contributed by atoms with Gasteiger partial charge in [0.15, 0.2) is 5.76 Å². The maximum atomic E-state index is 13.7. The monoisotopic (exact) mass is 478 g/mol. The van der Waals surface area contributed by atoms with Crippen molar-refractivity contribution in [2.45, 2.75) is 13.0 Å². The van der Waals surface area contributed by atoms with Gasteiger partial charge in [0, 0.05) is 18.2 Å². The maximum Gasteiger partial charge on any atom is 0.271 e. The fourth-order valence-corrected chi connectivity index (χ4v) is 4.03. The number of carbonyl (C=O) groups excluding carboxylic acids is 1. The Labute approximate surface area is 207 Å². The van der Waals surface area contributed by atoms with Crippen LogP contribution in [0.25, 0.3) is 17.1 Å². The minimum atomic E-state index is -0.482. The molecule has 178 valence electrons. The second kappa shape index (κ2) is 9.71. The fraction of sp³-hybridized carbons (Fsp3) is 0.0714. The number of carbonyl (C=O) groups is 1. The lowest BCUT2D eigenvalue weighted by Gasteiger charge is -2.20. The molecule has 0 spiro atoms. The van der Waals surface area contributed by atoms with Crippen LogP contribution in [0.15, 0.2) is 108 Å². The van der Waals surface area contributed by atoms with Crippen molar-refractivity contribution in [1.82, 2.24) is 15.1 Å². The normalized spacial score (nSPS) is 10.9. The summed E-state index contributed by atoms with van der Waals surface area (Å²) in [5, 5.41) is 19.1. The lowest BCUT2D eigenvalue weighted by atomic mass is 9.98. The summed E-state index contributed by atoms with van der Waals surface area (Å²) >= 11 is 0. The summed E-state index contributed by atoms with van der Waals surface area (Å²) in [6.07, 6.45) is 0. The topological polar surface area (TPSA) is 103 Å². The fourth-order valence-electron chi connectivity index (χ4n) is 4.03. The number of hydrogen-bond acceptors (Lipinski definition) is 5. The van der Waals surface area contributed by atoms with Crippen LogP contribution in [-0.4, -0.2) is 20.6 Å². The molecule has 8 nitrogen and oxygen atoms in total. The number of nitrogens with one attached hydrogen (secondary N) is 1. The largest absolute Gasteiger partial charge is 0.460 e. The molecule has 2 aromatic heterocycles. The van der Waals surface area contributed by atoms with E-state index in [1.54, 1.807) is 24.3 Å². The van der Waals surface area contributed by atoms with Gasteiger partial charge in [0.25, 0.3) is 11.6 Å². The lowest BCUT2D eigenvalue weighted by molar-refractivity contribution is -0.384. The first-order valence-electron chi connectivity index (χ1n) is 11.3. The van der Waals surface area contributed by atoms with E-state index in [1.807, 2.05) is 73.7 Å². The van der Waals surface area contributed by atoms with Crippen LogP contribution in [0.1, 0.15) is 33.4 Å². The maximum absolute atomic E-state index is 13.7. The van der Waals surface area contributed by atoms with Crippen molar-refractivity contribution < 1.29 is 14.1 Å². The molecule has 0 atom stereocenters. The van der Waals surface area contributed by atoms with E-state index in [4.69, 9.17) is 4.42 Å². The first kappa shape index (κ1) is 22.8. The van der Waals surface area contributed by atoms with Crippen LogP contribution in [0.3, 0.4) is 0 Å². The standard InChI is InChI=1S/C28H22N4O4/c1-19-15-16-26(36-19)24-18-25(31(30-24)22-13-8-14-23(17-22)32(34)35)28(33)29-27(20-9-4-2-5-10-20)21-11-6-3-7-12-21/h2-18,27H,1H3,(H,29,33). The van der Waals surface area contributed by atoms with Crippen LogP contribution in [0.5, 0.6) is 0 Å². The van der Waals surface area contributed by atoms with E-state index in [0.717, 1.165) is 11.1 Å². The van der Waals surface area contributed by atoms with E-state index in [0.29, 0.717) is 22.9 Å². The molecule has 3 aromatic carbocycles. The molecule has 5 aromatic rings. The van der Waals surface area contributed by atoms with E-state index < -0.39 is 11.0 Å². The van der Waals surface area contributed by atoms with Crippen LogP contribution in [0, 0.1) is 17.0 Å². The molecular formula is C28H22N4O4. The molecule has 5 rings (SSSR count). The molecule has 0 saturated carbocycles. The van der Waals surface area contributed by atoms with E-state index in [9.17, 15) is 14.9 Å². The third-order valence-corrected chi connectivity index (χ3v) is 5.76. The van der Waals surface area contributed by atoms with Crippen molar-refractivity contribution in [3.8, 4) is 17.1 Å². The summed E-state index contributed by atoms with van der Waals surface area (Å²) in [6.45, 7) is 1.82. The van der Waals surface area contributed by atoms with Crippen molar-refractivity contribution in [3.05, 3.63) is 136 Å². The molecule has 0 aliphatic rings. The molecule has 0 aliphatic heterocycles. The number of rotatable bonds is 7. The smallest absolute Gasteiger partial charge is 0.271 e. The number of benzene rings is 3. The zero-order valence-electron chi connectivity index (χ0n) is 19.4. The van der Waals surface area contributed by atoms with Gasteiger partial charge in [-0.15, -0.1) is 0 Å². The number of furan rings is 1. The summed E-state index contributed by atoms with van der Waals surface area (Å²) in [4.78, 5) is 24.6. The van der Waals surface area contributed by atoms with Crippen LogP contribution in [0.4, 0.5) is 5.69 Å². The second-order valence-electron chi connectivity index (χ2n) is 8.24. The zero-order valence-corrected chi connectivity index (χ0v) is 19.4. The van der Waals surface area contributed by atoms with Gasteiger partial charge in [-0.2, -0.15) is 5.10 Å². The van der Waals surface area contributed by atoms with Crippen LogP contribution < -0.4 is 5.32 Å². The predicted octanol–water partition coefficient (Wildman–Crippen LogP) is 5.87. The molecule has 0 saturated heterocycles. The van der Waals surface area contributed by atoms with Gasteiger partial charge in [-0.1, -0.05) is 66.7 Å². The molecular weight excluding hydrogens is 456 g/mol. The summed E-state index contributed by atoms with van der Waals surface area (Å²) < 4.78 is 7.12. The molecule has 2 heterocycles. The van der Waals surface area contributed by atoms with E-state index in [-0.39, 0.29) is 17.3 Å². The van der Waals surface area contributed by atoms with Gasteiger partial charge >= 0.3 is 0 Å². The number of non-ortho nitro benzene ring substituents is 1. The molecule has 0 aliphatic carbocycles. The number of aromatic nitrogens is 2. The van der Waals surface area contributed by atoms with Gasteiger partial charge < -0.3 is 9.73 Å². The van der Waals surface area contributed by atoms with Crippen LogP contribution in [-0.2, 0) is 0 Å². The highest BCUT2D eigenvalue weighted by Gasteiger charge is 2.24. The van der Waals surface area contributed by atoms with Gasteiger partial charge in [-0.05, 0) is 36.2 Å². The first-order valence-corrected chi connectivity index (χ1v) is 11.3. The Morgan fingerprint density at radius 1 is 0.917 bits per heavy atom. The zero-order chi connectivity index (χ0) is 25.1. The van der Waals surface area contributed by atoms with Gasteiger partial charge in [-0.3, -0.25) is 14.9 Å². The molecule has 1 N–H and O–H groups in total. The van der Waals surface area contributed by atoms with Gasteiger partial charge in [-0.25, -0.2) is 4.68 Å². The minimum absolute atomic E-state index is 0.101. The Balaban J connectivity index is 1.59.